The van der Waals surface area contributed by atoms with E-state index >= 15 is 0 Å². The van der Waals surface area contributed by atoms with E-state index < -0.39 is 12.1 Å². The van der Waals surface area contributed by atoms with E-state index in [1.807, 2.05) is 24.3 Å². The molecule has 0 aliphatic heterocycles. The Labute approximate surface area is 156 Å². The van der Waals surface area contributed by atoms with E-state index in [-0.39, 0.29) is 30.4 Å². The third-order valence-corrected chi connectivity index (χ3v) is 4.67. The van der Waals surface area contributed by atoms with E-state index in [9.17, 15) is 9.59 Å². The number of carbonyl (C=O) groups is 2. The Morgan fingerprint density at radius 1 is 1.15 bits per heavy atom. The Kier molecular flexibility index (Phi) is 7.06. The number of ether oxygens (including phenoxy) is 2. The maximum atomic E-state index is 12.0. The Balaban J connectivity index is 1.68. The molecule has 1 amide bonds. The van der Waals surface area contributed by atoms with Crippen LogP contribution in [0.1, 0.15) is 65.4 Å². The van der Waals surface area contributed by atoms with Crippen LogP contribution in [-0.4, -0.2) is 30.6 Å². The van der Waals surface area contributed by atoms with E-state index in [4.69, 9.17) is 9.47 Å². The first-order valence-corrected chi connectivity index (χ1v) is 9.49. The van der Waals surface area contributed by atoms with Gasteiger partial charge in [-0.05, 0) is 42.9 Å². The van der Waals surface area contributed by atoms with E-state index in [1.165, 1.54) is 5.56 Å². The minimum absolute atomic E-state index is 0.0948. The zero-order valence-electron chi connectivity index (χ0n) is 16.3. The summed E-state index contributed by atoms with van der Waals surface area (Å²) in [6.45, 7) is 8.30. The van der Waals surface area contributed by atoms with E-state index in [1.54, 1.807) is 6.92 Å². The van der Waals surface area contributed by atoms with Gasteiger partial charge in [-0.25, -0.2) is 0 Å². The molecule has 0 heterocycles. The van der Waals surface area contributed by atoms with Crippen LogP contribution in [0.4, 0.5) is 0 Å². The summed E-state index contributed by atoms with van der Waals surface area (Å²) in [5.74, 6) is 0.0761. The van der Waals surface area contributed by atoms with Gasteiger partial charge in [0, 0.05) is 6.04 Å². The van der Waals surface area contributed by atoms with Crippen molar-refractivity contribution in [1.82, 2.24) is 5.32 Å². The molecule has 1 fully saturated rings. The van der Waals surface area contributed by atoms with Gasteiger partial charge in [0.05, 0.1) is 13.0 Å². The second-order valence-electron chi connectivity index (χ2n) is 7.99. The van der Waals surface area contributed by atoms with Crippen LogP contribution in [-0.2, 0) is 19.7 Å². The van der Waals surface area contributed by atoms with Crippen molar-refractivity contribution >= 4 is 11.9 Å². The topological polar surface area (TPSA) is 64.6 Å². The monoisotopic (exact) mass is 361 g/mol. The SMILES string of the molecule is C[C@@H](OC(=O)CCOc1ccc(C(C)(C)C)cc1)C(=O)NC1CCCC1. The Hall–Kier alpha value is -2.04. The summed E-state index contributed by atoms with van der Waals surface area (Å²) < 4.78 is 10.8. The molecule has 5 nitrogen and oxygen atoms in total. The molecule has 0 saturated heterocycles. The van der Waals surface area contributed by atoms with Crippen molar-refractivity contribution in [3.63, 3.8) is 0 Å². The van der Waals surface area contributed by atoms with Crippen LogP contribution in [0.3, 0.4) is 0 Å². The van der Waals surface area contributed by atoms with Crippen molar-refractivity contribution in [1.29, 1.82) is 0 Å². The van der Waals surface area contributed by atoms with Gasteiger partial charge in [0.25, 0.3) is 5.91 Å². The minimum Gasteiger partial charge on any atom is -0.493 e. The first kappa shape index (κ1) is 20.3. The second-order valence-corrected chi connectivity index (χ2v) is 7.99. The molecule has 1 aromatic carbocycles. The third kappa shape index (κ3) is 6.36. The van der Waals surface area contributed by atoms with Gasteiger partial charge >= 0.3 is 5.97 Å². The van der Waals surface area contributed by atoms with Gasteiger partial charge in [-0.15, -0.1) is 0 Å². The number of rotatable bonds is 7. The highest BCUT2D eigenvalue weighted by atomic mass is 16.5. The summed E-state index contributed by atoms with van der Waals surface area (Å²) in [4.78, 5) is 23.9. The van der Waals surface area contributed by atoms with Crippen molar-refractivity contribution in [3.05, 3.63) is 29.8 Å². The molecule has 26 heavy (non-hydrogen) atoms. The smallest absolute Gasteiger partial charge is 0.310 e. The molecule has 0 bridgehead atoms. The average molecular weight is 361 g/mol. The van der Waals surface area contributed by atoms with Gasteiger partial charge in [0.15, 0.2) is 6.10 Å². The summed E-state index contributed by atoms with van der Waals surface area (Å²) in [5.41, 5.74) is 1.32. The Morgan fingerprint density at radius 2 is 1.77 bits per heavy atom. The molecule has 0 spiro atoms. The van der Waals surface area contributed by atoms with Gasteiger partial charge < -0.3 is 14.8 Å². The third-order valence-electron chi connectivity index (χ3n) is 4.67. The number of hydrogen-bond acceptors (Lipinski definition) is 4. The highest BCUT2D eigenvalue weighted by Crippen LogP contribution is 2.24. The zero-order valence-corrected chi connectivity index (χ0v) is 16.3. The standard InChI is InChI=1S/C21H31NO4/c1-15(20(24)22-17-7-5-6-8-17)26-19(23)13-14-25-18-11-9-16(10-12-18)21(2,3)4/h9-12,15,17H,5-8,13-14H2,1-4H3,(H,22,24)/t15-/m1/s1. The van der Waals surface area contributed by atoms with Crippen molar-refractivity contribution in [3.8, 4) is 5.75 Å². The Morgan fingerprint density at radius 3 is 2.35 bits per heavy atom. The molecule has 1 saturated carbocycles. The number of hydrogen-bond donors (Lipinski definition) is 1. The number of carbonyl (C=O) groups excluding carboxylic acids is 2. The van der Waals surface area contributed by atoms with Gasteiger partial charge in [0.2, 0.25) is 0 Å². The summed E-state index contributed by atoms with van der Waals surface area (Å²) in [6.07, 6.45) is 3.65. The van der Waals surface area contributed by atoms with Gasteiger partial charge in [0.1, 0.15) is 5.75 Å². The molecule has 1 N–H and O–H groups in total. The fourth-order valence-electron chi connectivity index (χ4n) is 3.00. The lowest BCUT2D eigenvalue weighted by atomic mass is 9.87. The van der Waals surface area contributed by atoms with Crippen LogP contribution in [0.2, 0.25) is 0 Å². The quantitative estimate of drug-likeness (QED) is 0.751. The lowest BCUT2D eigenvalue weighted by molar-refractivity contribution is -0.155. The molecule has 2 rings (SSSR count). The van der Waals surface area contributed by atoms with Crippen LogP contribution >= 0.6 is 0 Å². The van der Waals surface area contributed by atoms with Crippen LogP contribution < -0.4 is 10.1 Å². The highest BCUT2D eigenvalue weighted by Gasteiger charge is 2.23. The predicted molar refractivity (Wildman–Crippen MR) is 101 cm³/mol. The summed E-state index contributed by atoms with van der Waals surface area (Å²) in [5, 5.41) is 2.94. The molecule has 1 atom stereocenters. The molecule has 0 radical (unpaired) electrons. The lowest BCUT2D eigenvalue weighted by Crippen LogP contribution is -2.41. The fourth-order valence-corrected chi connectivity index (χ4v) is 3.00. The summed E-state index contributed by atoms with van der Waals surface area (Å²) in [6, 6.07) is 8.10. The lowest BCUT2D eigenvalue weighted by Gasteiger charge is -2.19. The molecule has 0 aromatic heterocycles. The van der Waals surface area contributed by atoms with Gasteiger partial charge in [-0.3, -0.25) is 9.59 Å². The minimum atomic E-state index is -0.769. The van der Waals surface area contributed by atoms with Crippen LogP contribution in [0.25, 0.3) is 0 Å². The number of nitrogens with one attached hydrogen (secondary N) is 1. The van der Waals surface area contributed by atoms with Crippen LogP contribution in [0, 0.1) is 0 Å². The summed E-state index contributed by atoms with van der Waals surface area (Å²) >= 11 is 0. The molecule has 0 unspecified atom stereocenters. The molecular formula is C21H31NO4. The van der Waals surface area contributed by atoms with Crippen molar-refractivity contribution in [2.24, 2.45) is 0 Å². The highest BCUT2D eigenvalue weighted by molar-refractivity contribution is 5.83. The molecule has 1 aromatic rings. The number of esters is 1. The second kappa shape index (κ2) is 9.06. The maximum Gasteiger partial charge on any atom is 0.310 e. The van der Waals surface area contributed by atoms with Crippen molar-refractivity contribution < 1.29 is 19.1 Å². The maximum absolute atomic E-state index is 12.0. The number of amides is 1. The van der Waals surface area contributed by atoms with Crippen molar-refractivity contribution in [2.45, 2.75) is 77.4 Å². The molecule has 1 aliphatic carbocycles. The van der Waals surface area contributed by atoms with E-state index in [2.05, 4.69) is 26.1 Å². The predicted octanol–water partition coefficient (Wildman–Crippen LogP) is 3.74. The first-order valence-electron chi connectivity index (χ1n) is 9.49. The normalized spacial score (nSPS) is 16.2. The van der Waals surface area contributed by atoms with Crippen LogP contribution in [0.15, 0.2) is 24.3 Å². The van der Waals surface area contributed by atoms with Crippen LogP contribution in [0.5, 0.6) is 5.75 Å². The largest absolute Gasteiger partial charge is 0.493 e. The van der Waals surface area contributed by atoms with Crippen molar-refractivity contribution in [2.75, 3.05) is 6.61 Å². The average Bonchev–Trinajstić information content (AvgIpc) is 3.07. The zero-order chi connectivity index (χ0) is 19.2. The first-order chi connectivity index (χ1) is 12.3. The molecule has 5 heteroatoms. The van der Waals surface area contributed by atoms with Gasteiger partial charge in [-0.1, -0.05) is 45.7 Å². The fraction of sp³-hybridized carbons (Fsp3) is 0.619. The number of benzene rings is 1. The molecule has 144 valence electrons. The molecule has 1 aliphatic rings. The van der Waals surface area contributed by atoms with E-state index in [0.717, 1.165) is 31.4 Å². The van der Waals surface area contributed by atoms with E-state index in [0.29, 0.717) is 0 Å². The van der Waals surface area contributed by atoms with Gasteiger partial charge in [-0.2, -0.15) is 0 Å². The molecular weight excluding hydrogens is 330 g/mol. The Bertz CT molecular complexity index is 597. The summed E-state index contributed by atoms with van der Waals surface area (Å²) in [7, 11) is 0.